The summed E-state index contributed by atoms with van der Waals surface area (Å²) in [6.45, 7) is 0. The van der Waals surface area contributed by atoms with Gasteiger partial charge in [-0.25, -0.2) is 5.21 Å². The number of nitrogens with zero attached hydrogens (tertiary/aromatic N) is 1. The fraction of sp³-hybridized carbons (Fsp3) is 0.800. The lowest BCUT2D eigenvalue weighted by Crippen LogP contribution is -2.24. The van der Waals surface area contributed by atoms with Crippen molar-refractivity contribution < 1.29 is 14.9 Å². The van der Waals surface area contributed by atoms with E-state index in [4.69, 9.17) is 5.21 Å². The van der Waals surface area contributed by atoms with Crippen LogP contribution in [0.4, 0.5) is 0 Å². The number of hydrogen-bond acceptors (Lipinski definition) is 3. The largest absolute Gasteiger partial charge is 0.344 e. The van der Waals surface area contributed by atoms with E-state index in [9.17, 15) is 9.70 Å². The first kappa shape index (κ1) is 9.03. The highest BCUT2D eigenvalue weighted by atomic mass is 16.6. The second-order valence-electron chi connectivity index (χ2n) is 2.18. The molecule has 10 heavy (non-hydrogen) atoms. The third-order valence-corrected chi connectivity index (χ3v) is 1.54. The molecule has 0 aromatic carbocycles. The monoisotopic (exact) mass is 147 g/mol. The Bertz CT molecular complexity index is 157. The van der Waals surface area contributed by atoms with Gasteiger partial charge in [-0.05, 0) is 6.42 Å². The molecule has 0 bridgehead atoms. The van der Waals surface area contributed by atoms with Crippen LogP contribution in [0.1, 0.15) is 19.3 Å². The molecule has 1 unspecified atom stereocenters. The smallest absolute Gasteiger partial charge is 0.314 e. The molecule has 0 aliphatic heterocycles. The summed E-state index contributed by atoms with van der Waals surface area (Å²) in [4.78, 5) is 20.5. The Morgan fingerprint density at radius 1 is 1.60 bits per heavy atom. The summed E-state index contributed by atoms with van der Waals surface area (Å²) in [6.07, 6.45) is 1.66. The number of carbonyl (C=O) groups is 1. The van der Waals surface area contributed by atoms with Crippen molar-refractivity contribution in [3.8, 4) is 0 Å². The van der Waals surface area contributed by atoms with Crippen LogP contribution >= 0.6 is 0 Å². The highest BCUT2D eigenvalue weighted by Gasteiger charge is 2.38. The number of rotatable bonds is 1. The molecule has 58 valence electrons. The van der Waals surface area contributed by atoms with E-state index < -0.39 is 6.04 Å². The van der Waals surface area contributed by atoms with Gasteiger partial charge in [-0.3, -0.25) is 4.79 Å². The van der Waals surface area contributed by atoms with Crippen LogP contribution in [0.3, 0.4) is 0 Å². The van der Waals surface area contributed by atoms with E-state index in [-0.39, 0.29) is 16.9 Å². The van der Waals surface area contributed by atoms with Gasteiger partial charge in [0.05, 0.1) is 4.91 Å². The molecule has 0 aromatic rings. The van der Waals surface area contributed by atoms with Crippen molar-refractivity contribution in [2.45, 2.75) is 25.3 Å². The Morgan fingerprint density at radius 2 is 2.20 bits per heavy atom. The van der Waals surface area contributed by atoms with Crippen LogP contribution in [0.2, 0.25) is 0 Å². The summed E-state index contributed by atoms with van der Waals surface area (Å²) < 4.78 is 0. The fourth-order valence-electron chi connectivity index (χ4n) is 1.03. The highest BCUT2D eigenvalue weighted by molar-refractivity contribution is 5.84. The van der Waals surface area contributed by atoms with E-state index in [0.717, 1.165) is 6.42 Å². The summed E-state index contributed by atoms with van der Waals surface area (Å²) in [5, 5.41) is 8.28. The van der Waals surface area contributed by atoms with Gasteiger partial charge < -0.3 is 6.15 Å². The van der Waals surface area contributed by atoms with Gasteiger partial charge in [-0.15, -0.1) is 0 Å². The maximum Gasteiger partial charge on any atom is 0.314 e. The van der Waals surface area contributed by atoms with Crippen molar-refractivity contribution in [2.24, 2.45) is 0 Å². The lowest BCUT2D eigenvalue weighted by Gasteiger charge is -1.87. The third-order valence-electron chi connectivity index (χ3n) is 1.54. The molecule has 0 aromatic heterocycles. The van der Waals surface area contributed by atoms with Crippen LogP contribution < -0.4 is 6.15 Å². The van der Waals surface area contributed by atoms with Crippen molar-refractivity contribution in [1.82, 2.24) is 6.15 Å². The zero-order chi connectivity index (χ0) is 6.85. The summed E-state index contributed by atoms with van der Waals surface area (Å²) in [7, 11) is 0. The lowest BCUT2D eigenvalue weighted by atomic mass is 10.2. The molecule has 1 saturated carbocycles. The Balaban J connectivity index is 0.000000810. The van der Waals surface area contributed by atoms with Crippen LogP contribution in [0, 0.1) is 4.91 Å². The van der Waals surface area contributed by atoms with E-state index in [1.54, 1.807) is 0 Å². The Kier molecular flexibility index (Phi) is 2.95. The van der Waals surface area contributed by atoms with E-state index in [0.29, 0.717) is 12.8 Å². The second kappa shape index (κ2) is 3.26. The average molecular weight is 147 g/mol. The first-order valence-corrected chi connectivity index (χ1v) is 2.90. The van der Waals surface area contributed by atoms with Gasteiger partial charge in [0.2, 0.25) is 10.7 Å². The van der Waals surface area contributed by atoms with Gasteiger partial charge >= 0.3 is 6.04 Å². The highest BCUT2D eigenvalue weighted by Crippen LogP contribution is 2.15. The Morgan fingerprint density at radius 3 is 2.40 bits per heavy atom. The van der Waals surface area contributed by atoms with Crippen LogP contribution in [0.15, 0.2) is 0 Å². The van der Waals surface area contributed by atoms with Crippen LogP contribution in [0.5, 0.6) is 0 Å². The molecule has 5 nitrogen and oxygen atoms in total. The standard InChI is InChI=1S/C5H8NO3.H3N/c7-5-3-1-2-4(5)6(8)9;/h4H,1-3H2,(H,8,9);1H3/q+1;. The van der Waals surface area contributed by atoms with Crippen molar-refractivity contribution in [1.29, 1.82) is 0 Å². The first-order chi connectivity index (χ1) is 4.22. The fourth-order valence-corrected chi connectivity index (χ4v) is 1.03. The lowest BCUT2D eigenvalue weighted by molar-refractivity contribution is -0.805. The predicted octanol–water partition coefficient (Wildman–Crippen LogP) is 0.438. The van der Waals surface area contributed by atoms with E-state index in [1.165, 1.54) is 0 Å². The summed E-state index contributed by atoms with van der Waals surface area (Å²) in [5.74, 6) is -0.146. The van der Waals surface area contributed by atoms with Gasteiger partial charge in [0, 0.05) is 12.8 Å². The van der Waals surface area contributed by atoms with E-state index in [2.05, 4.69) is 0 Å². The quantitative estimate of drug-likeness (QED) is 0.526. The van der Waals surface area contributed by atoms with Crippen LogP contribution in [-0.2, 0) is 4.79 Å². The number of hydrogen-bond donors (Lipinski definition) is 2. The van der Waals surface area contributed by atoms with Crippen LogP contribution in [0.25, 0.3) is 0 Å². The Labute approximate surface area is 58.1 Å². The number of Topliss-reactive ketones (excluding diaryl/α,β-unsaturated/α-hetero) is 1. The van der Waals surface area contributed by atoms with Gasteiger partial charge in [0.1, 0.15) is 0 Å². The van der Waals surface area contributed by atoms with Crippen LogP contribution in [-0.4, -0.2) is 22.0 Å². The predicted molar refractivity (Wildman–Crippen MR) is 33.1 cm³/mol. The molecule has 5 heteroatoms. The molecule has 0 heterocycles. The molecular formula is C5H11N2O3+. The number of carbonyl (C=O) groups excluding carboxylic acids is 1. The van der Waals surface area contributed by atoms with Crippen molar-refractivity contribution in [2.75, 3.05) is 0 Å². The molecule has 4 N–H and O–H groups in total. The average Bonchev–Trinajstić information content (AvgIpc) is 2.13. The van der Waals surface area contributed by atoms with Crippen molar-refractivity contribution in [3.05, 3.63) is 4.91 Å². The molecule has 0 amide bonds. The SMILES string of the molecule is N.O=C1CCCC1[N+](=O)O. The van der Waals surface area contributed by atoms with Gasteiger partial charge in [-0.1, -0.05) is 0 Å². The molecule has 0 saturated heterocycles. The first-order valence-electron chi connectivity index (χ1n) is 2.90. The summed E-state index contributed by atoms with van der Waals surface area (Å²) in [6, 6.07) is -0.773. The van der Waals surface area contributed by atoms with Crippen molar-refractivity contribution >= 4 is 5.78 Å². The third kappa shape index (κ3) is 1.51. The van der Waals surface area contributed by atoms with E-state index >= 15 is 0 Å². The molecule has 1 atom stereocenters. The minimum Gasteiger partial charge on any atom is -0.344 e. The molecule has 1 fully saturated rings. The number of ketones is 1. The summed E-state index contributed by atoms with van der Waals surface area (Å²) in [5.41, 5.74) is 0. The van der Waals surface area contributed by atoms with E-state index in [1.807, 2.05) is 0 Å². The van der Waals surface area contributed by atoms with Crippen molar-refractivity contribution in [3.63, 3.8) is 0 Å². The molecule has 1 aliphatic carbocycles. The second-order valence-corrected chi connectivity index (χ2v) is 2.18. The topological polar surface area (TPSA) is 92.4 Å². The molecular weight excluding hydrogens is 136 g/mol. The normalized spacial score (nSPS) is 24.0. The summed E-state index contributed by atoms with van der Waals surface area (Å²) >= 11 is 0. The molecule has 0 spiro atoms. The van der Waals surface area contributed by atoms with Gasteiger partial charge in [0.15, 0.2) is 0 Å². The zero-order valence-corrected chi connectivity index (χ0v) is 5.62. The maximum absolute atomic E-state index is 10.6. The molecule has 0 radical (unpaired) electrons. The maximum atomic E-state index is 10.6. The van der Waals surface area contributed by atoms with Gasteiger partial charge in [-0.2, -0.15) is 0 Å². The zero-order valence-electron chi connectivity index (χ0n) is 5.62. The molecule has 1 rings (SSSR count). The minimum atomic E-state index is -0.773. The van der Waals surface area contributed by atoms with Gasteiger partial charge in [0.25, 0.3) is 0 Å². The molecule has 1 aliphatic rings. The Hall–Kier alpha value is -0.970. The minimum absolute atomic E-state index is 0.